The molecule has 1 aliphatic carbocycles. The lowest BCUT2D eigenvalue weighted by Gasteiger charge is -1.98. The van der Waals surface area contributed by atoms with E-state index in [1.807, 2.05) is 0 Å². The van der Waals surface area contributed by atoms with Crippen molar-refractivity contribution in [1.82, 2.24) is 0 Å². The Morgan fingerprint density at radius 3 is 2.69 bits per heavy atom. The van der Waals surface area contributed by atoms with E-state index >= 15 is 0 Å². The summed E-state index contributed by atoms with van der Waals surface area (Å²) in [5.74, 6) is 0.719. The van der Waals surface area contributed by atoms with Crippen molar-refractivity contribution in [2.45, 2.75) is 51.9 Å². The summed E-state index contributed by atoms with van der Waals surface area (Å²) in [6, 6.07) is 2.45. The summed E-state index contributed by atoms with van der Waals surface area (Å²) in [5, 5.41) is 0. The molecule has 1 aliphatic rings. The van der Waals surface area contributed by atoms with Crippen molar-refractivity contribution in [2.75, 3.05) is 0 Å². The molecule has 0 unspecified atom stereocenters. The molecule has 1 heteroatoms. The van der Waals surface area contributed by atoms with E-state index in [1.54, 1.807) is 15.3 Å². The van der Waals surface area contributed by atoms with E-state index in [9.17, 15) is 0 Å². The average molecular weight is 194 g/mol. The molecule has 1 heterocycles. The smallest absolute Gasteiger partial charge is 0.00802 e. The van der Waals surface area contributed by atoms with Gasteiger partial charge in [0.1, 0.15) is 0 Å². The second-order valence-electron chi connectivity index (χ2n) is 4.31. The van der Waals surface area contributed by atoms with Crippen molar-refractivity contribution < 1.29 is 0 Å². The lowest BCUT2D eigenvalue weighted by molar-refractivity contribution is 0.712. The Kier molecular flexibility index (Phi) is 2.73. The van der Waals surface area contributed by atoms with Crippen LogP contribution in [0, 0.1) is 0 Å². The van der Waals surface area contributed by atoms with Crippen molar-refractivity contribution in [3.05, 3.63) is 21.4 Å². The quantitative estimate of drug-likeness (QED) is 0.589. The first kappa shape index (κ1) is 9.26. The fourth-order valence-corrected chi connectivity index (χ4v) is 3.23. The summed E-state index contributed by atoms with van der Waals surface area (Å²) in [6.07, 6.45) is 6.91. The maximum atomic E-state index is 2.45. The van der Waals surface area contributed by atoms with Crippen LogP contribution in [0.1, 0.15) is 54.3 Å². The molecule has 0 fully saturated rings. The van der Waals surface area contributed by atoms with Crippen molar-refractivity contribution in [3.8, 4) is 0 Å². The first-order chi connectivity index (χ1) is 6.27. The van der Waals surface area contributed by atoms with Gasteiger partial charge in [-0.25, -0.2) is 0 Å². The van der Waals surface area contributed by atoms with Gasteiger partial charge >= 0.3 is 0 Å². The third kappa shape index (κ3) is 1.96. The number of fused-ring (bicyclic) bond motifs is 1. The minimum Gasteiger partial charge on any atom is -0.145 e. The largest absolute Gasteiger partial charge is 0.145 e. The number of hydrogen-bond donors (Lipinski definition) is 0. The minimum atomic E-state index is 0.719. The highest BCUT2D eigenvalue weighted by molar-refractivity contribution is 7.12. The Hall–Kier alpha value is -0.300. The molecule has 0 N–H and O–H groups in total. The predicted octanol–water partition coefficient (Wildman–Crippen LogP) is 4.14. The van der Waals surface area contributed by atoms with Crippen LogP contribution in [0.3, 0.4) is 0 Å². The molecule has 2 rings (SSSR count). The Morgan fingerprint density at radius 1 is 1.15 bits per heavy atom. The molecule has 0 saturated heterocycles. The van der Waals surface area contributed by atoms with Gasteiger partial charge in [0.25, 0.3) is 0 Å². The van der Waals surface area contributed by atoms with Gasteiger partial charge in [-0.05, 0) is 43.2 Å². The highest BCUT2D eigenvalue weighted by Gasteiger charge is 2.13. The van der Waals surface area contributed by atoms with Crippen LogP contribution < -0.4 is 0 Å². The molecule has 0 atom stereocenters. The second-order valence-corrected chi connectivity index (χ2v) is 5.48. The van der Waals surface area contributed by atoms with E-state index in [0.29, 0.717) is 0 Å². The van der Waals surface area contributed by atoms with Crippen molar-refractivity contribution in [3.63, 3.8) is 0 Å². The van der Waals surface area contributed by atoms with E-state index in [2.05, 4.69) is 31.3 Å². The van der Waals surface area contributed by atoms with Gasteiger partial charge in [0.15, 0.2) is 0 Å². The third-order valence-corrected chi connectivity index (χ3v) is 4.37. The van der Waals surface area contributed by atoms with Crippen molar-refractivity contribution in [2.24, 2.45) is 0 Å². The topological polar surface area (TPSA) is 0 Å². The van der Waals surface area contributed by atoms with Gasteiger partial charge in [-0.2, -0.15) is 0 Å². The van der Waals surface area contributed by atoms with Gasteiger partial charge in [-0.1, -0.05) is 20.3 Å². The Balaban J connectivity index is 2.27. The fourth-order valence-electron chi connectivity index (χ4n) is 1.97. The molecule has 0 aromatic carbocycles. The van der Waals surface area contributed by atoms with E-state index in [1.165, 1.54) is 32.1 Å². The summed E-state index contributed by atoms with van der Waals surface area (Å²) in [4.78, 5) is 3.27. The summed E-state index contributed by atoms with van der Waals surface area (Å²) in [7, 11) is 0. The van der Waals surface area contributed by atoms with Crippen LogP contribution >= 0.6 is 11.3 Å². The molecule has 1 aromatic rings. The van der Waals surface area contributed by atoms with E-state index in [0.717, 1.165) is 5.92 Å². The summed E-state index contributed by atoms with van der Waals surface area (Å²) in [5.41, 5.74) is 1.66. The molecule has 0 nitrogen and oxygen atoms in total. The van der Waals surface area contributed by atoms with Gasteiger partial charge < -0.3 is 0 Å². The van der Waals surface area contributed by atoms with Crippen LogP contribution in [0.2, 0.25) is 0 Å². The van der Waals surface area contributed by atoms with Crippen LogP contribution in [-0.2, 0) is 12.8 Å². The lowest BCUT2D eigenvalue weighted by atomic mass is 10.1. The van der Waals surface area contributed by atoms with E-state index in [4.69, 9.17) is 0 Å². The molecule has 0 aliphatic heterocycles. The molecule has 13 heavy (non-hydrogen) atoms. The zero-order valence-electron chi connectivity index (χ0n) is 8.60. The van der Waals surface area contributed by atoms with Gasteiger partial charge in [-0.15, -0.1) is 11.3 Å². The lowest BCUT2D eigenvalue weighted by Crippen LogP contribution is -1.82. The highest BCUT2D eigenvalue weighted by Crippen LogP contribution is 2.32. The van der Waals surface area contributed by atoms with Crippen LogP contribution in [0.5, 0.6) is 0 Å². The number of thiophene rings is 1. The Labute approximate surface area is 85.0 Å². The molecular weight excluding hydrogens is 176 g/mol. The van der Waals surface area contributed by atoms with Gasteiger partial charge in [0, 0.05) is 9.75 Å². The van der Waals surface area contributed by atoms with Crippen LogP contribution in [-0.4, -0.2) is 0 Å². The van der Waals surface area contributed by atoms with E-state index < -0.39 is 0 Å². The maximum Gasteiger partial charge on any atom is 0.00802 e. The fraction of sp³-hybridized carbons (Fsp3) is 0.667. The van der Waals surface area contributed by atoms with Gasteiger partial charge in [0.05, 0.1) is 0 Å². The van der Waals surface area contributed by atoms with Gasteiger partial charge in [-0.3, -0.25) is 0 Å². The second kappa shape index (κ2) is 3.83. The third-order valence-electron chi connectivity index (χ3n) is 2.83. The maximum absolute atomic E-state index is 2.45. The molecule has 0 spiro atoms. The summed E-state index contributed by atoms with van der Waals surface area (Å²) < 4.78 is 0. The Morgan fingerprint density at radius 2 is 1.92 bits per heavy atom. The molecule has 0 bridgehead atoms. The van der Waals surface area contributed by atoms with E-state index in [-0.39, 0.29) is 0 Å². The first-order valence-corrected chi connectivity index (χ1v) is 6.20. The molecule has 1 aromatic heterocycles. The first-order valence-electron chi connectivity index (χ1n) is 5.39. The summed E-state index contributed by atoms with van der Waals surface area (Å²) >= 11 is 2.06. The Bertz CT molecular complexity index is 260. The van der Waals surface area contributed by atoms with Crippen molar-refractivity contribution in [1.29, 1.82) is 0 Å². The van der Waals surface area contributed by atoms with Crippen molar-refractivity contribution >= 4 is 11.3 Å². The SMILES string of the molecule is CC(C)c1cc2c(s1)CCCCC2. The molecule has 0 amide bonds. The summed E-state index contributed by atoms with van der Waals surface area (Å²) in [6.45, 7) is 4.59. The molecule has 0 radical (unpaired) electrons. The molecular formula is C12H18S. The average Bonchev–Trinajstić information content (AvgIpc) is 2.38. The number of rotatable bonds is 1. The zero-order valence-corrected chi connectivity index (χ0v) is 9.41. The minimum absolute atomic E-state index is 0.719. The molecule has 0 saturated carbocycles. The normalized spacial score (nSPS) is 17.2. The zero-order chi connectivity index (χ0) is 9.26. The number of aryl methyl sites for hydroxylation is 2. The predicted molar refractivity (Wildman–Crippen MR) is 59.7 cm³/mol. The number of hydrogen-bond acceptors (Lipinski definition) is 1. The molecule has 72 valence electrons. The van der Waals surface area contributed by atoms with Crippen LogP contribution in [0.25, 0.3) is 0 Å². The highest BCUT2D eigenvalue weighted by atomic mass is 32.1. The van der Waals surface area contributed by atoms with Crippen LogP contribution in [0.15, 0.2) is 6.07 Å². The monoisotopic (exact) mass is 194 g/mol. The standard InChI is InChI=1S/C12H18S/c1-9(2)12-8-10-6-4-3-5-7-11(10)13-12/h8-9H,3-7H2,1-2H3. The van der Waals surface area contributed by atoms with Crippen LogP contribution in [0.4, 0.5) is 0 Å². The van der Waals surface area contributed by atoms with Gasteiger partial charge in [0.2, 0.25) is 0 Å².